The van der Waals surface area contributed by atoms with Gasteiger partial charge in [0.25, 0.3) is 0 Å². The molecule has 21 heavy (non-hydrogen) atoms. The Labute approximate surface area is 129 Å². The molecule has 0 bridgehead atoms. The molecule has 1 N–H and O–H groups in total. The van der Waals surface area contributed by atoms with Crippen LogP contribution >= 0.6 is 12.2 Å². The number of hydrogen-bond acceptors (Lipinski definition) is 3. The average molecular weight is 297 g/mol. The molecule has 1 heterocycles. The molecule has 106 valence electrons. The molecule has 2 aromatic rings. The van der Waals surface area contributed by atoms with Crippen LogP contribution in [-0.4, -0.2) is 22.5 Å². The molecule has 0 atom stereocenters. The zero-order chi connectivity index (χ0) is 15.1. The summed E-state index contributed by atoms with van der Waals surface area (Å²) in [5.74, 6) is 0. The summed E-state index contributed by atoms with van der Waals surface area (Å²) in [5, 5.41) is 2.71. The van der Waals surface area contributed by atoms with Crippen LogP contribution in [0.25, 0.3) is 0 Å². The number of benzene rings is 1. The zero-order valence-electron chi connectivity index (χ0n) is 11.4. The van der Waals surface area contributed by atoms with Crippen LogP contribution in [0, 0.1) is 0 Å². The lowest BCUT2D eigenvalue weighted by Crippen LogP contribution is -2.42. The van der Waals surface area contributed by atoms with Gasteiger partial charge in [-0.2, -0.15) is 0 Å². The summed E-state index contributed by atoms with van der Waals surface area (Å²) in [4.78, 5) is 18.3. The molecule has 2 rings (SSSR count). The molecular weight excluding hydrogens is 282 g/mol. The number of aromatic nitrogens is 1. The van der Waals surface area contributed by atoms with Gasteiger partial charge < -0.3 is 0 Å². The van der Waals surface area contributed by atoms with E-state index in [1.54, 1.807) is 35.5 Å². The number of carbonyl (C=O) groups is 1. The molecule has 0 aliphatic rings. The highest BCUT2D eigenvalue weighted by Crippen LogP contribution is 2.13. The molecule has 0 radical (unpaired) electrons. The SMILES string of the molecule is C=CCN(C(=O)NC(=S)c1cccnc1)c1ccccc1. The minimum Gasteiger partial charge on any atom is -0.298 e. The highest BCUT2D eigenvalue weighted by atomic mass is 32.1. The average Bonchev–Trinajstić information content (AvgIpc) is 2.54. The maximum Gasteiger partial charge on any atom is 0.327 e. The first-order valence-corrected chi connectivity index (χ1v) is 6.82. The van der Waals surface area contributed by atoms with E-state index in [9.17, 15) is 4.79 Å². The topological polar surface area (TPSA) is 45.2 Å². The van der Waals surface area contributed by atoms with Crippen LogP contribution in [0.4, 0.5) is 10.5 Å². The molecule has 1 aromatic heterocycles. The number of rotatable bonds is 4. The van der Waals surface area contributed by atoms with Gasteiger partial charge in [0.1, 0.15) is 4.99 Å². The van der Waals surface area contributed by atoms with E-state index in [1.807, 2.05) is 30.3 Å². The fraction of sp³-hybridized carbons (Fsp3) is 0.0625. The molecular formula is C16H15N3OS. The number of para-hydroxylation sites is 1. The summed E-state index contributed by atoms with van der Waals surface area (Å²) in [5.41, 5.74) is 1.48. The van der Waals surface area contributed by atoms with Crippen molar-refractivity contribution < 1.29 is 4.79 Å². The normalized spacial score (nSPS) is 9.71. The van der Waals surface area contributed by atoms with Gasteiger partial charge in [-0.3, -0.25) is 15.2 Å². The van der Waals surface area contributed by atoms with Crippen molar-refractivity contribution in [2.75, 3.05) is 11.4 Å². The Morgan fingerprint density at radius 1 is 1.29 bits per heavy atom. The molecule has 2 amide bonds. The minimum absolute atomic E-state index is 0.296. The first kappa shape index (κ1) is 14.9. The first-order valence-electron chi connectivity index (χ1n) is 6.41. The number of amides is 2. The molecule has 1 aromatic carbocycles. The van der Waals surface area contributed by atoms with Gasteiger partial charge in [0.15, 0.2) is 0 Å². The van der Waals surface area contributed by atoms with Crippen molar-refractivity contribution in [3.8, 4) is 0 Å². The summed E-state index contributed by atoms with van der Waals surface area (Å²) in [7, 11) is 0. The van der Waals surface area contributed by atoms with E-state index in [1.165, 1.54) is 0 Å². The van der Waals surface area contributed by atoms with Gasteiger partial charge in [0.05, 0.1) is 0 Å². The Balaban J connectivity index is 2.13. The maximum atomic E-state index is 12.4. The predicted octanol–water partition coefficient (Wildman–Crippen LogP) is 3.16. The van der Waals surface area contributed by atoms with Gasteiger partial charge in [-0.05, 0) is 24.3 Å². The predicted molar refractivity (Wildman–Crippen MR) is 88.5 cm³/mol. The molecule has 0 spiro atoms. The Bertz CT molecular complexity index is 628. The van der Waals surface area contributed by atoms with E-state index in [2.05, 4.69) is 16.9 Å². The Morgan fingerprint density at radius 2 is 2.05 bits per heavy atom. The summed E-state index contributed by atoms with van der Waals surface area (Å²) < 4.78 is 0. The number of nitrogens with zero attached hydrogens (tertiary/aromatic N) is 2. The van der Waals surface area contributed by atoms with Crippen LogP contribution in [0.5, 0.6) is 0 Å². The van der Waals surface area contributed by atoms with E-state index in [0.717, 1.165) is 5.69 Å². The van der Waals surface area contributed by atoms with Gasteiger partial charge in [-0.1, -0.05) is 36.5 Å². The zero-order valence-corrected chi connectivity index (χ0v) is 12.2. The largest absolute Gasteiger partial charge is 0.327 e. The molecule has 5 heteroatoms. The Kier molecular flexibility index (Phi) is 5.17. The van der Waals surface area contributed by atoms with Crippen LogP contribution in [0.2, 0.25) is 0 Å². The molecule has 0 saturated heterocycles. The van der Waals surface area contributed by atoms with Crippen molar-refractivity contribution in [3.05, 3.63) is 73.1 Å². The van der Waals surface area contributed by atoms with E-state index >= 15 is 0 Å². The number of pyridine rings is 1. The smallest absolute Gasteiger partial charge is 0.298 e. The third-order valence-corrected chi connectivity index (χ3v) is 3.11. The number of urea groups is 1. The van der Waals surface area contributed by atoms with Crippen molar-refractivity contribution in [2.24, 2.45) is 0 Å². The monoisotopic (exact) mass is 297 g/mol. The second kappa shape index (κ2) is 7.31. The van der Waals surface area contributed by atoms with Gasteiger partial charge in [0.2, 0.25) is 0 Å². The standard InChI is InChI=1S/C16H15N3OS/c1-2-11-19(14-8-4-3-5-9-14)16(20)18-15(21)13-7-6-10-17-12-13/h2-10,12H,1,11H2,(H,18,20,21). The van der Waals surface area contributed by atoms with E-state index < -0.39 is 0 Å². The van der Waals surface area contributed by atoms with Gasteiger partial charge in [-0.25, -0.2) is 4.79 Å². The molecule has 4 nitrogen and oxygen atoms in total. The lowest BCUT2D eigenvalue weighted by molar-refractivity contribution is 0.251. The van der Waals surface area contributed by atoms with Crippen LogP contribution in [0.15, 0.2) is 67.5 Å². The summed E-state index contributed by atoms with van der Waals surface area (Å²) in [6, 6.07) is 12.6. The number of thiocarbonyl (C=S) groups is 1. The van der Waals surface area contributed by atoms with E-state index in [0.29, 0.717) is 17.1 Å². The lowest BCUT2D eigenvalue weighted by Gasteiger charge is -2.21. The summed E-state index contributed by atoms with van der Waals surface area (Å²) in [6.07, 6.45) is 4.94. The fourth-order valence-electron chi connectivity index (χ4n) is 1.78. The van der Waals surface area contributed by atoms with Crippen LogP contribution < -0.4 is 10.2 Å². The molecule has 0 aliphatic carbocycles. The fourth-order valence-corrected chi connectivity index (χ4v) is 1.98. The number of nitrogens with one attached hydrogen (secondary N) is 1. The van der Waals surface area contributed by atoms with Crippen molar-refractivity contribution in [2.45, 2.75) is 0 Å². The van der Waals surface area contributed by atoms with Gasteiger partial charge in [-0.15, -0.1) is 6.58 Å². The minimum atomic E-state index is -0.296. The van der Waals surface area contributed by atoms with Crippen LogP contribution in [-0.2, 0) is 0 Å². The van der Waals surface area contributed by atoms with E-state index in [4.69, 9.17) is 12.2 Å². The Hall–Kier alpha value is -2.53. The number of anilines is 1. The van der Waals surface area contributed by atoms with Crippen molar-refractivity contribution in [1.29, 1.82) is 0 Å². The van der Waals surface area contributed by atoms with E-state index in [-0.39, 0.29) is 6.03 Å². The molecule has 0 aliphatic heterocycles. The highest BCUT2D eigenvalue weighted by Gasteiger charge is 2.15. The Morgan fingerprint density at radius 3 is 2.67 bits per heavy atom. The second-order valence-corrected chi connectivity index (χ2v) is 4.64. The molecule has 0 saturated carbocycles. The number of carbonyl (C=O) groups excluding carboxylic acids is 1. The quantitative estimate of drug-likeness (QED) is 0.696. The van der Waals surface area contributed by atoms with Crippen LogP contribution in [0.3, 0.4) is 0 Å². The van der Waals surface area contributed by atoms with Crippen LogP contribution in [0.1, 0.15) is 5.56 Å². The third-order valence-electron chi connectivity index (χ3n) is 2.77. The summed E-state index contributed by atoms with van der Waals surface area (Å²) >= 11 is 5.23. The third kappa shape index (κ3) is 3.97. The number of hydrogen-bond donors (Lipinski definition) is 1. The summed E-state index contributed by atoms with van der Waals surface area (Å²) in [6.45, 7) is 4.08. The van der Waals surface area contributed by atoms with Crippen molar-refractivity contribution >= 4 is 28.9 Å². The van der Waals surface area contributed by atoms with Gasteiger partial charge in [0, 0.05) is 30.2 Å². The van der Waals surface area contributed by atoms with Gasteiger partial charge >= 0.3 is 6.03 Å². The lowest BCUT2D eigenvalue weighted by atomic mass is 10.3. The second-order valence-electron chi connectivity index (χ2n) is 4.24. The molecule has 0 fully saturated rings. The highest BCUT2D eigenvalue weighted by molar-refractivity contribution is 7.80. The maximum absolute atomic E-state index is 12.4. The molecule has 0 unspecified atom stereocenters. The first-order chi connectivity index (χ1) is 10.2. The van der Waals surface area contributed by atoms with Crippen molar-refractivity contribution in [1.82, 2.24) is 10.3 Å². The van der Waals surface area contributed by atoms with Crippen molar-refractivity contribution in [3.63, 3.8) is 0 Å².